The number of rotatable bonds is 39. The van der Waals surface area contributed by atoms with Crippen molar-refractivity contribution in [1.82, 2.24) is 0 Å². The third-order valence-electron chi connectivity index (χ3n) is 11.3. The van der Waals surface area contributed by atoms with Gasteiger partial charge in [-0.3, -0.25) is 23.2 Å². The first-order chi connectivity index (χ1) is 31.6. The maximum Gasteiger partial charge on any atom is 0.472 e. The second-order valence-electron chi connectivity index (χ2n) is 17.2. The second kappa shape index (κ2) is 35.1. The van der Waals surface area contributed by atoms with E-state index in [0.717, 1.165) is 64.2 Å². The van der Waals surface area contributed by atoms with Crippen molar-refractivity contribution in [2.24, 2.45) is 0 Å². The molecule has 2 aliphatic rings. The van der Waals surface area contributed by atoms with Crippen molar-refractivity contribution in [2.45, 2.75) is 223 Å². The average Bonchev–Trinajstić information content (AvgIpc) is 4.03. The summed E-state index contributed by atoms with van der Waals surface area (Å²) in [6.45, 7) is 2.95. The van der Waals surface area contributed by atoms with Gasteiger partial charge in [0.1, 0.15) is 43.2 Å². The number of epoxide rings is 1. The molecule has 17 nitrogen and oxygen atoms in total. The van der Waals surface area contributed by atoms with Crippen LogP contribution in [0.3, 0.4) is 0 Å². The number of allylic oxidation sites excluding steroid dienone is 6. The summed E-state index contributed by atoms with van der Waals surface area (Å²) in [5.41, 5.74) is 0. The average molecular weight is 981 g/mol. The number of hydrogen-bond acceptors (Lipinski definition) is 14. The fraction of sp³-hybridized carbons (Fsp3) is 0.787. The highest BCUT2D eigenvalue weighted by Gasteiger charge is 2.54. The first kappa shape index (κ1) is 60.0. The predicted octanol–water partition coefficient (Wildman–Crippen LogP) is 8.27. The van der Waals surface area contributed by atoms with Gasteiger partial charge < -0.3 is 49.3 Å². The number of carbonyl (C=O) groups is 2. The molecule has 7 N–H and O–H groups in total. The van der Waals surface area contributed by atoms with Crippen LogP contribution in [0.4, 0.5) is 0 Å². The zero-order valence-corrected chi connectivity index (χ0v) is 41.1. The molecular weight excluding hydrogens is 898 g/mol. The standard InChI is InChI=1S/C47H82O17P2/c1-3-5-7-9-11-12-13-14-15-16-17-18-21-25-29-33-40(48)59-35-37(36-60-66(57,58)64-47-44(52)42(50)43(51)46(45(47)53)63-65(54,55)56)61-41(49)34-30-26-22-19-20-24-28-32-39-38(62-39)31-27-23-10-8-6-4-2/h5,7,19,22-24,27-28,37-39,42-47,50-53H,3-4,6,8-18,20-21,25-26,29-36H2,1-2H3,(H,57,58)(H2,54,55,56)/b7-5-,22-19-,27-23-,28-24-/t37-,38?,39?,42?,43?,44?,45?,46-,47+/m1/s1. The lowest BCUT2D eigenvalue weighted by Gasteiger charge is -2.43. The number of phosphoric acid groups is 2. The molecule has 1 aliphatic heterocycles. The predicted molar refractivity (Wildman–Crippen MR) is 250 cm³/mol. The maximum atomic E-state index is 13.0. The van der Waals surface area contributed by atoms with Gasteiger partial charge in [0.15, 0.2) is 6.10 Å². The van der Waals surface area contributed by atoms with E-state index in [1.165, 1.54) is 57.8 Å². The molecule has 2 fully saturated rings. The summed E-state index contributed by atoms with van der Waals surface area (Å²) in [5.74, 6) is -1.28. The van der Waals surface area contributed by atoms with Gasteiger partial charge in [0, 0.05) is 12.8 Å². The van der Waals surface area contributed by atoms with E-state index in [1.807, 2.05) is 12.2 Å². The molecule has 0 spiro atoms. The van der Waals surface area contributed by atoms with Crippen LogP contribution in [0.15, 0.2) is 48.6 Å². The summed E-state index contributed by atoms with van der Waals surface area (Å²) in [6.07, 6.45) is 25.3. The highest BCUT2D eigenvalue weighted by molar-refractivity contribution is 7.47. The Morgan fingerprint density at radius 1 is 0.561 bits per heavy atom. The molecule has 1 saturated heterocycles. The molecule has 0 radical (unpaired) electrons. The number of aliphatic hydroxyl groups excluding tert-OH is 4. The number of unbranched alkanes of at least 4 members (excludes halogenated alkanes) is 15. The minimum absolute atomic E-state index is 0.0378. The molecule has 0 aromatic carbocycles. The minimum atomic E-state index is -5.37. The zero-order valence-electron chi connectivity index (χ0n) is 39.3. The topological polar surface area (TPSA) is 269 Å². The molecule has 382 valence electrons. The van der Waals surface area contributed by atoms with Crippen molar-refractivity contribution < 1.29 is 81.6 Å². The van der Waals surface area contributed by atoms with Crippen molar-refractivity contribution in [2.75, 3.05) is 13.2 Å². The third-order valence-corrected chi connectivity index (χ3v) is 12.8. The van der Waals surface area contributed by atoms with Gasteiger partial charge in [-0.05, 0) is 70.6 Å². The van der Waals surface area contributed by atoms with E-state index < -0.39 is 83.5 Å². The van der Waals surface area contributed by atoms with E-state index in [0.29, 0.717) is 25.4 Å². The molecule has 0 bridgehead atoms. The highest BCUT2D eigenvalue weighted by Crippen LogP contribution is 2.49. The highest BCUT2D eigenvalue weighted by atomic mass is 31.2. The Morgan fingerprint density at radius 3 is 1.67 bits per heavy atom. The van der Waals surface area contributed by atoms with E-state index in [1.54, 1.807) is 0 Å². The van der Waals surface area contributed by atoms with Crippen molar-refractivity contribution in [3.8, 4) is 0 Å². The van der Waals surface area contributed by atoms with Crippen molar-refractivity contribution in [1.29, 1.82) is 0 Å². The van der Waals surface area contributed by atoms with E-state index >= 15 is 0 Å². The van der Waals surface area contributed by atoms with E-state index in [2.05, 4.69) is 54.8 Å². The number of hydrogen-bond donors (Lipinski definition) is 7. The molecule has 0 amide bonds. The van der Waals surface area contributed by atoms with Gasteiger partial charge in [-0.25, -0.2) is 9.13 Å². The lowest BCUT2D eigenvalue weighted by molar-refractivity contribution is -0.216. The lowest BCUT2D eigenvalue weighted by Crippen LogP contribution is -2.64. The largest absolute Gasteiger partial charge is 0.472 e. The molecule has 1 heterocycles. The summed E-state index contributed by atoms with van der Waals surface area (Å²) in [5, 5.41) is 41.3. The number of phosphoric ester groups is 2. The molecule has 0 aromatic rings. The molecule has 7 unspecified atom stereocenters. The molecule has 19 heteroatoms. The number of ether oxygens (including phenoxy) is 3. The molecule has 1 aliphatic carbocycles. The molecule has 0 aromatic heterocycles. The van der Waals surface area contributed by atoms with E-state index in [4.69, 9.17) is 23.3 Å². The Hall–Kier alpha value is -2.08. The van der Waals surface area contributed by atoms with Gasteiger partial charge in [0.2, 0.25) is 0 Å². The maximum absolute atomic E-state index is 13.0. The van der Waals surface area contributed by atoms with Crippen LogP contribution < -0.4 is 0 Å². The Kier molecular flexibility index (Phi) is 31.9. The van der Waals surface area contributed by atoms with Crippen LogP contribution in [0.1, 0.15) is 168 Å². The molecular formula is C47H82O17P2. The minimum Gasteiger partial charge on any atom is -0.462 e. The van der Waals surface area contributed by atoms with Gasteiger partial charge in [-0.2, -0.15) is 0 Å². The Balaban J connectivity index is 1.81. The second-order valence-corrected chi connectivity index (χ2v) is 19.8. The van der Waals surface area contributed by atoms with Crippen LogP contribution in [0.5, 0.6) is 0 Å². The fourth-order valence-corrected chi connectivity index (χ4v) is 8.95. The van der Waals surface area contributed by atoms with Gasteiger partial charge >= 0.3 is 27.6 Å². The normalized spacial score (nSPS) is 25.0. The van der Waals surface area contributed by atoms with Gasteiger partial charge in [0.25, 0.3) is 0 Å². The van der Waals surface area contributed by atoms with E-state index in [9.17, 15) is 53.8 Å². The zero-order chi connectivity index (χ0) is 48.6. The number of esters is 2. The molecule has 66 heavy (non-hydrogen) atoms. The first-order valence-electron chi connectivity index (χ1n) is 24.3. The molecule has 2 rings (SSSR count). The Morgan fingerprint density at radius 2 is 1.06 bits per heavy atom. The quantitative estimate of drug-likeness (QED) is 0.0100. The number of aliphatic hydroxyl groups is 4. The van der Waals surface area contributed by atoms with E-state index in [-0.39, 0.29) is 18.9 Å². The van der Waals surface area contributed by atoms with Crippen LogP contribution >= 0.6 is 15.6 Å². The Labute approximate surface area is 392 Å². The monoisotopic (exact) mass is 981 g/mol. The SMILES string of the molecule is CC/C=C\CCCCCCCCCCCCCC(=O)OC[C@H](COP(=O)(O)O[C@H]1C(O)C(O)C(O)[C@@H](OP(=O)(O)O)C1O)OC(=O)CCC/C=C\C/C=C\CC1OC1C/C=C\CCCCC. The fourth-order valence-electron chi connectivity index (χ4n) is 7.41. The summed E-state index contributed by atoms with van der Waals surface area (Å²) >= 11 is 0. The van der Waals surface area contributed by atoms with Crippen LogP contribution in [0.2, 0.25) is 0 Å². The molecule has 1 saturated carbocycles. The van der Waals surface area contributed by atoms with Crippen molar-refractivity contribution >= 4 is 27.6 Å². The summed E-state index contributed by atoms with van der Waals surface area (Å²) in [6, 6.07) is 0. The van der Waals surface area contributed by atoms with Crippen molar-refractivity contribution in [3.05, 3.63) is 48.6 Å². The summed E-state index contributed by atoms with van der Waals surface area (Å²) < 4.78 is 55.1. The van der Waals surface area contributed by atoms with Crippen molar-refractivity contribution in [3.63, 3.8) is 0 Å². The Bertz CT molecular complexity index is 1530. The number of carbonyl (C=O) groups excluding carboxylic acids is 2. The van der Waals surface area contributed by atoms with Gasteiger partial charge in [0.05, 0.1) is 18.8 Å². The summed E-state index contributed by atoms with van der Waals surface area (Å²) in [7, 11) is -10.7. The molecule has 10 atom stereocenters. The van der Waals surface area contributed by atoms with Crippen LogP contribution in [0.25, 0.3) is 0 Å². The lowest BCUT2D eigenvalue weighted by atomic mass is 9.85. The first-order valence-corrected chi connectivity index (χ1v) is 27.3. The van der Waals surface area contributed by atoms with Crippen LogP contribution in [-0.2, 0) is 46.5 Å². The van der Waals surface area contributed by atoms with Gasteiger partial charge in [-0.1, -0.05) is 133 Å². The van der Waals surface area contributed by atoms with Crippen LogP contribution in [-0.4, -0.2) is 115 Å². The smallest absolute Gasteiger partial charge is 0.462 e. The summed E-state index contributed by atoms with van der Waals surface area (Å²) in [4.78, 5) is 54.3. The third kappa shape index (κ3) is 28.4. The van der Waals surface area contributed by atoms with Crippen LogP contribution in [0, 0.1) is 0 Å². The van der Waals surface area contributed by atoms with Gasteiger partial charge in [-0.15, -0.1) is 0 Å².